The fourth-order valence-corrected chi connectivity index (χ4v) is 1.07. The van der Waals surface area contributed by atoms with Crippen molar-refractivity contribution in [3.8, 4) is 0 Å². The Kier molecular flexibility index (Phi) is 1.83. The summed E-state index contributed by atoms with van der Waals surface area (Å²) in [5.74, 6) is 0. The molecule has 1 saturated heterocycles. The Hall–Kier alpha value is -0.120. The third kappa shape index (κ3) is 0.992. The first-order valence-electron chi connectivity index (χ1n) is 2.94. The van der Waals surface area contributed by atoms with Crippen LogP contribution < -0.4 is 5.48 Å². The van der Waals surface area contributed by atoms with Crippen molar-refractivity contribution in [3.63, 3.8) is 0 Å². The number of nitrogens with one attached hydrogen (secondary N) is 1. The first-order valence-corrected chi connectivity index (χ1v) is 2.94. The molecule has 3 nitrogen and oxygen atoms in total. The highest BCUT2D eigenvalue weighted by molar-refractivity contribution is 4.70. The Balaban J connectivity index is 2.30. The maximum Gasteiger partial charge on any atom is 0.0832 e. The van der Waals surface area contributed by atoms with E-state index in [0.29, 0.717) is 0 Å². The summed E-state index contributed by atoms with van der Waals surface area (Å²) in [5, 5.41) is 8.44. The molecule has 0 amide bonds. The molecule has 3 heteroatoms. The average molecular weight is 116 g/mol. The second-order valence-electron chi connectivity index (χ2n) is 2.27. The van der Waals surface area contributed by atoms with Gasteiger partial charge in [0.15, 0.2) is 0 Å². The Morgan fingerprint density at radius 2 is 2.50 bits per heavy atom. The smallest absolute Gasteiger partial charge is 0.0832 e. The quantitative estimate of drug-likeness (QED) is 0.474. The third-order valence-corrected chi connectivity index (χ3v) is 1.67. The molecule has 0 aromatic rings. The molecule has 0 aromatic heterocycles. The largest absolute Gasteiger partial charge is 0.315 e. The van der Waals surface area contributed by atoms with Crippen LogP contribution in [0.25, 0.3) is 0 Å². The van der Waals surface area contributed by atoms with Crippen LogP contribution in [0.3, 0.4) is 0 Å². The van der Waals surface area contributed by atoms with Crippen LogP contribution >= 0.6 is 0 Å². The van der Waals surface area contributed by atoms with Crippen LogP contribution in [0.15, 0.2) is 0 Å². The standard InChI is InChI=1S/C5H12N2O/c1-7-4-2-3-5(7)6-8/h5-6,8H,2-4H2,1H3. The molecule has 48 valence electrons. The van der Waals surface area contributed by atoms with Gasteiger partial charge in [0.1, 0.15) is 0 Å². The van der Waals surface area contributed by atoms with Crippen molar-refractivity contribution in [1.29, 1.82) is 0 Å². The number of likely N-dealkylation sites (tertiary alicyclic amines) is 1. The lowest BCUT2D eigenvalue weighted by Crippen LogP contribution is -2.36. The molecule has 2 N–H and O–H groups in total. The van der Waals surface area contributed by atoms with E-state index in [1.807, 2.05) is 7.05 Å². The van der Waals surface area contributed by atoms with E-state index in [2.05, 4.69) is 10.4 Å². The summed E-state index contributed by atoms with van der Waals surface area (Å²) in [7, 11) is 2.00. The second kappa shape index (κ2) is 2.44. The maximum absolute atomic E-state index is 8.44. The first kappa shape index (κ1) is 6.01. The van der Waals surface area contributed by atoms with E-state index in [1.165, 1.54) is 6.42 Å². The summed E-state index contributed by atoms with van der Waals surface area (Å²) in [5.41, 5.74) is 2.24. The molecule has 1 rings (SSSR count). The highest BCUT2D eigenvalue weighted by Crippen LogP contribution is 2.10. The number of rotatable bonds is 1. The predicted molar refractivity (Wildman–Crippen MR) is 30.6 cm³/mol. The SMILES string of the molecule is CN1CCCC1NO. The van der Waals surface area contributed by atoms with Crippen molar-refractivity contribution in [2.45, 2.75) is 19.0 Å². The van der Waals surface area contributed by atoms with E-state index >= 15 is 0 Å². The number of hydrogen-bond acceptors (Lipinski definition) is 3. The van der Waals surface area contributed by atoms with Gasteiger partial charge < -0.3 is 5.21 Å². The van der Waals surface area contributed by atoms with Gasteiger partial charge in [-0.2, -0.15) is 5.48 Å². The first-order chi connectivity index (χ1) is 3.84. The maximum atomic E-state index is 8.44. The molecule has 8 heavy (non-hydrogen) atoms. The zero-order chi connectivity index (χ0) is 5.98. The van der Waals surface area contributed by atoms with Crippen LogP contribution in [0.4, 0.5) is 0 Å². The average Bonchev–Trinajstić information content (AvgIpc) is 2.14. The van der Waals surface area contributed by atoms with Gasteiger partial charge in [0.05, 0.1) is 6.17 Å². The van der Waals surface area contributed by atoms with Gasteiger partial charge >= 0.3 is 0 Å². The Bertz CT molecular complexity index is 76.8. The van der Waals surface area contributed by atoms with E-state index in [0.717, 1.165) is 13.0 Å². The minimum absolute atomic E-state index is 0.204. The Morgan fingerprint density at radius 3 is 2.75 bits per heavy atom. The molecular formula is C5H12N2O. The molecule has 1 aliphatic heterocycles. The minimum Gasteiger partial charge on any atom is -0.315 e. The fraction of sp³-hybridized carbons (Fsp3) is 1.00. The third-order valence-electron chi connectivity index (χ3n) is 1.67. The van der Waals surface area contributed by atoms with E-state index in [4.69, 9.17) is 5.21 Å². The van der Waals surface area contributed by atoms with Gasteiger partial charge in [0.25, 0.3) is 0 Å². The van der Waals surface area contributed by atoms with Crippen LogP contribution in [0.2, 0.25) is 0 Å². The molecule has 0 saturated carbocycles. The number of nitrogens with zero attached hydrogens (tertiary/aromatic N) is 1. The van der Waals surface area contributed by atoms with E-state index in [1.54, 1.807) is 0 Å². The number of hydrogen-bond donors (Lipinski definition) is 2. The van der Waals surface area contributed by atoms with Crippen molar-refractivity contribution in [1.82, 2.24) is 10.4 Å². The van der Waals surface area contributed by atoms with Crippen molar-refractivity contribution in [3.05, 3.63) is 0 Å². The van der Waals surface area contributed by atoms with Crippen molar-refractivity contribution in [2.24, 2.45) is 0 Å². The zero-order valence-corrected chi connectivity index (χ0v) is 5.09. The molecule has 0 spiro atoms. The van der Waals surface area contributed by atoms with Crippen molar-refractivity contribution >= 4 is 0 Å². The lowest BCUT2D eigenvalue weighted by atomic mass is 10.3. The predicted octanol–water partition coefficient (Wildman–Crippen LogP) is 0.0169. The van der Waals surface area contributed by atoms with Gasteiger partial charge in [0.2, 0.25) is 0 Å². The Morgan fingerprint density at radius 1 is 1.75 bits per heavy atom. The monoisotopic (exact) mass is 116 g/mol. The highest BCUT2D eigenvalue weighted by atomic mass is 16.5. The minimum atomic E-state index is 0.204. The van der Waals surface area contributed by atoms with E-state index in [-0.39, 0.29) is 6.17 Å². The zero-order valence-electron chi connectivity index (χ0n) is 5.09. The topological polar surface area (TPSA) is 35.5 Å². The molecular weight excluding hydrogens is 104 g/mol. The van der Waals surface area contributed by atoms with Gasteiger partial charge in [-0.25, -0.2) is 0 Å². The van der Waals surface area contributed by atoms with Crippen molar-refractivity contribution in [2.75, 3.05) is 13.6 Å². The van der Waals surface area contributed by atoms with E-state index in [9.17, 15) is 0 Å². The lowest BCUT2D eigenvalue weighted by Gasteiger charge is -2.15. The van der Waals surface area contributed by atoms with Gasteiger partial charge in [-0.15, -0.1) is 0 Å². The molecule has 1 heterocycles. The molecule has 1 unspecified atom stereocenters. The van der Waals surface area contributed by atoms with Crippen LogP contribution in [-0.2, 0) is 0 Å². The van der Waals surface area contributed by atoms with Crippen LogP contribution in [-0.4, -0.2) is 29.9 Å². The Labute approximate surface area is 49.3 Å². The number of hydroxylamine groups is 1. The van der Waals surface area contributed by atoms with Gasteiger partial charge in [-0.05, 0) is 26.4 Å². The van der Waals surface area contributed by atoms with Gasteiger partial charge in [-0.3, -0.25) is 4.90 Å². The van der Waals surface area contributed by atoms with Crippen LogP contribution in [0.1, 0.15) is 12.8 Å². The van der Waals surface area contributed by atoms with Gasteiger partial charge in [0, 0.05) is 0 Å². The summed E-state index contributed by atoms with van der Waals surface area (Å²) in [6, 6.07) is 0. The molecule has 0 radical (unpaired) electrons. The molecule has 1 atom stereocenters. The lowest BCUT2D eigenvalue weighted by molar-refractivity contribution is 0.0683. The fourth-order valence-electron chi connectivity index (χ4n) is 1.07. The normalized spacial score (nSPS) is 31.5. The summed E-state index contributed by atoms with van der Waals surface area (Å²) in [6.45, 7) is 1.10. The molecule has 0 aromatic carbocycles. The summed E-state index contributed by atoms with van der Waals surface area (Å²) in [4.78, 5) is 2.10. The molecule has 1 aliphatic rings. The molecule has 1 fully saturated rings. The van der Waals surface area contributed by atoms with Gasteiger partial charge in [-0.1, -0.05) is 0 Å². The highest BCUT2D eigenvalue weighted by Gasteiger charge is 2.18. The van der Waals surface area contributed by atoms with Crippen LogP contribution in [0.5, 0.6) is 0 Å². The van der Waals surface area contributed by atoms with E-state index < -0.39 is 0 Å². The van der Waals surface area contributed by atoms with Crippen molar-refractivity contribution < 1.29 is 5.21 Å². The summed E-state index contributed by atoms with van der Waals surface area (Å²) >= 11 is 0. The summed E-state index contributed by atoms with van der Waals surface area (Å²) in [6.07, 6.45) is 2.46. The molecule has 0 aliphatic carbocycles. The van der Waals surface area contributed by atoms with Crippen LogP contribution in [0, 0.1) is 0 Å². The molecule has 0 bridgehead atoms. The second-order valence-corrected chi connectivity index (χ2v) is 2.27. The summed E-state index contributed by atoms with van der Waals surface area (Å²) < 4.78 is 0.